The van der Waals surface area contributed by atoms with Crippen molar-refractivity contribution < 1.29 is 9.53 Å². The van der Waals surface area contributed by atoms with Crippen LogP contribution in [0.1, 0.15) is 10.4 Å². The van der Waals surface area contributed by atoms with Crippen LogP contribution in [-0.2, 0) is 4.74 Å². The molecule has 0 spiro atoms. The number of carbonyl (C=O) groups is 1. The summed E-state index contributed by atoms with van der Waals surface area (Å²) in [5.41, 5.74) is 0.672. The molecule has 2 nitrogen and oxygen atoms in total. The van der Waals surface area contributed by atoms with Gasteiger partial charge >= 0.3 is 5.97 Å². The van der Waals surface area contributed by atoms with Crippen LogP contribution in [-0.4, -0.2) is 22.4 Å². The minimum atomic E-state index is -0.210. The van der Waals surface area contributed by atoms with E-state index in [-0.39, 0.29) is 5.97 Å². The van der Waals surface area contributed by atoms with Crippen molar-refractivity contribution in [1.29, 1.82) is 0 Å². The summed E-state index contributed by atoms with van der Waals surface area (Å²) in [5, 5.41) is 0. The number of halogens is 3. The van der Waals surface area contributed by atoms with Gasteiger partial charge in [0, 0.05) is 10.7 Å². The molecule has 0 fully saturated rings. The van der Waals surface area contributed by atoms with Crippen LogP contribution < -0.4 is 0 Å². The summed E-state index contributed by atoms with van der Waals surface area (Å²) < 4.78 is 8.28. The van der Waals surface area contributed by atoms with Gasteiger partial charge in [0.25, 0.3) is 0 Å². The fourth-order valence-electron chi connectivity index (χ4n) is 0.892. The lowest BCUT2D eigenvalue weighted by atomic mass is 10.2. The molecule has 0 radical (unpaired) electrons. The third-order valence-corrected chi connectivity index (χ3v) is 7.02. The van der Waals surface area contributed by atoms with Gasteiger partial charge in [-0.1, -0.05) is 0 Å². The van der Waals surface area contributed by atoms with Gasteiger partial charge in [-0.25, -0.2) is 4.79 Å². The Morgan fingerprint density at radius 3 is 2.50 bits per heavy atom. The van der Waals surface area contributed by atoms with Gasteiger partial charge in [-0.2, -0.15) is 0 Å². The molecule has 76 valence electrons. The van der Waals surface area contributed by atoms with Crippen molar-refractivity contribution in [3.05, 3.63) is 28.4 Å². The second-order valence-electron chi connectivity index (χ2n) is 2.44. The van der Waals surface area contributed by atoms with Crippen LogP contribution >= 0.6 is 67.8 Å². The molecule has 0 atom stereocenters. The molecule has 0 aliphatic carbocycles. The van der Waals surface area contributed by atoms with E-state index in [4.69, 9.17) is 4.74 Å². The third kappa shape index (κ3) is 3.04. The topological polar surface area (TPSA) is 26.3 Å². The Hall–Kier alpha value is 1.10. The van der Waals surface area contributed by atoms with Gasteiger partial charge in [0.2, 0.25) is 0 Å². The molecule has 0 heterocycles. The molecule has 1 aromatic rings. The zero-order valence-electron chi connectivity index (χ0n) is 7.31. The summed E-state index contributed by atoms with van der Waals surface area (Å²) in [6, 6.07) is 3.76. The van der Waals surface area contributed by atoms with Crippen molar-refractivity contribution in [3.63, 3.8) is 0 Å². The number of hydrogen-bond acceptors (Lipinski definition) is 2. The molecule has 0 unspecified atom stereocenters. The lowest BCUT2D eigenvalue weighted by molar-refractivity contribution is 0.0572. The van der Waals surface area contributed by atoms with Crippen LogP contribution in [0.25, 0.3) is 0 Å². The van der Waals surface area contributed by atoms with Gasteiger partial charge < -0.3 is 4.74 Å². The molecule has 0 saturated heterocycles. The maximum absolute atomic E-state index is 11.5. The van der Waals surface area contributed by atoms with E-state index in [1.165, 1.54) is 0 Å². The Labute approximate surface area is 126 Å². The Kier molecular flexibility index (Phi) is 5.63. The molecular weight excluding hydrogens is 537 g/mol. The lowest BCUT2D eigenvalue weighted by Crippen LogP contribution is -2.09. The highest BCUT2D eigenvalue weighted by molar-refractivity contribution is 14.1. The van der Waals surface area contributed by atoms with Crippen molar-refractivity contribution in [1.82, 2.24) is 0 Å². The van der Waals surface area contributed by atoms with Crippen LogP contribution in [0.15, 0.2) is 12.1 Å². The van der Waals surface area contributed by atoms with E-state index < -0.39 is 0 Å². The van der Waals surface area contributed by atoms with Gasteiger partial charge in [-0.05, 0) is 79.9 Å². The lowest BCUT2D eigenvalue weighted by Gasteiger charge is -2.06. The molecule has 6 heteroatoms. The molecule has 1 aromatic carbocycles. The molecule has 0 aliphatic rings. The minimum absolute atomic E-state index is 0.210. The summed E-state index contributed by atoms with van der Waals surface area (Å²) in [6.45, 7) is 0. The maximum Gasteiger partial charge on any atom is 0.338 e. The summed E-state index contributed by atoms with van der Waals surface area (Å²) in [4.78, 5) is 11.5. The molecule has 0 bridgehead atoms. The molecule has 0 aromatic heterocycles. The van der Waals surface area contributed by atoms with E-state index in [9.17, 15) is 4.79 Å². The number of ether oxygens (including phenoxy) is 1. The number of esters is 1. The van der Waals surface area contributed by atoms with Crippen molar-refractivity contribution in [2.45, 2.75) is 0 Å². The number of hydrogen-bond donors (Lipinski definition) is 0. The summed E-state index contributed by atoms with van der Waals surface area (Å²) in [5.74, 6) is -0.210. The van der Waals surface area contributed by atoms with E-state index in [2.05, 4.69) is 67.8 Å². The van der Waals surface area contributed by atoms with Crippen LogP contribution in [0.4, 0.5) is 0 Å². The van der Waals surface area contributed by atoms with Gasteiger partial charge in [-0.15, -0.1) is 0 Å². The SMILES string of the molecule is O=C(OC[SiH3])c1ccc(I)c(I)c1I. The zero-order chi connectivity index (χ0) is 10.7. The van der Waals surface area contributed by atoms with Gasteiger partial charge in [0.05, 0.1) is 22.0 Å². The average molecular weight is 544 g/mol. The Morgan fingerprint density at radius 2 is 1.93 bits per heavy atom. The van der Waals surface area contributed by atoms with Crippen LogP contribution in [0.5, 0.6) is 0 Å². The van der Waals surface area contributed by atoms with Gasteiger partial charge in [0.1, 0.15) is 0 Å². The predicted octanol–water partition coefficient (Wildman–Crippen LogP) is 1.98. The fourth-order valence-corrected chi connectivity index (χ4v) is 3.28. The molecule has 0 aliphatic heterocycles. The highest BCUT2D eigenvalue weighted by Crippen LogP contribution is 2.24. The number of carbonyl (C=O) groups excluding carboxylic acids is 1. The van der Waals surface area contributed by atoms with Gasteiger partial charge in [0.15, 0.2) is 0 Å². The number of benzene rings is 1. The average Bonchev–Trinajstić information content (AvgIpc) is 2.15. The monoisotopic (exact) mass is 544 g/mol. The third-order valence-electron chi connectivity index (χ3n) is 1.53. The molecular formula is C8H7I3O2Si. The van der Waals surface area contributed by atoms with Crippen LogP contribution in [0, 0.1) is 10.7 Å². The van der Waals surface area contributed by atoms with Crippen LogP contribution in [0.2, 0.25) is 0 Å². The van der Waals surface area contributed by atoms with Crippen molar-refractivity contribution in [3.8, 4) is 0 Å². The van der Waals surface area contributed by atoms with Gasteiger partial charge in [-0.3, -0.25) is 0 Å². The standard InChI is InChI=1S/C8H7I3O2Si/c9-5-2-1-4(6(10)7(5)11)8(12)13-3-14/h1-2H,3H2,14H3. The largest absolute Gasteiger partial charge is 0.467 e. The van der Waals surface area contributed by atoms with Crippen molar-refractivity contribution in [2.75, 3.05) is 6.23 Å². The number of rotatable bonds is 2. The highest BCUT2D eigenvalue weighted by atomic mass is 127. The molecule has 0 saturated carbocycles. The first-order chi connectivity index (χ1) is 6.57. The van der Waals surface area contributed by atoms with Crippen molar-refractivity contribution in [2.24, 2.45) is 0 Å². The maximum atomic E-state index is 11.5. The highest BCUT2D eigenvalue weighted by Gasteiger charge is 2.14. The van der Waals surface area contributed by atoms with E-state index in [0.29, 0.717) is 11.8 Å². The van der Waals surface area contributed by atoms with E-state index in [1.54, 1.807) is 0 Å². The molecule has 0 amide bonds. The Balaban J connectivity index is 3.11. The zero-order valence-corrected chi connectivity index (χ0v) is 15.8. The normalized spacial score (nSPS) is 10.2. The molecule has 1 rings (SSSR count). The Morgan fingerprint density at radius 1 is 1.29 bits per heavy atom. The first kappa shape index (κ1) is 13.2. The van der Waals surface area contributed by atoms with Crippen LogP contribution in [0.3, 0.4) is 0 Å². The molecule has 0 N–H and O–H groups in total. The predicted molar refractivity (Wildman–Crippen MR) is 84.8 cm³/mol. The first-order valence-corrected chi connectivity index (χ1v) is 8.53. The molecule has 14 heavy (non-hydrogen) atoms. The Bertz CT molecular complexity index is 368. The van der Waals surface area contributed by atoms with E-state index >= 15 is 0 Å². The van der Waals surface area contributed by atoms with E-state index in [1.807, 2.05) is 12.1 Å². The summed E-state index contributed by atoms with van der Waals surface area (Å²) in [6.07, 6.45) is 0.553. The van der Waals surface area contributed by atoms with E-state index in [0.717, 1.165) is 21.0 Å². The minimum Gasteiger partial charge on any atom is -0.467 e. The second kappa shape index (κ2) is 5.99. The summed E-state index contributed by atoms with van der Waals surface area (Å²) in [7, 11) is 0.884. The van der Waals surface area contributed by atoms with Crippen molar-refractivity contribution >= 4 is 84.0 Å². The summed E-state index contributed by atoms with van der Waals surface area (Å²) >= 11 is 6.68. The fraction of sp³-hybridized carbons (Fsp3) is 0.125. The second-order valence-corrected chi connectivity index (χ2v) is 6.34. The quantitative estimate of drug-likeness (QED) is 0.247. The first-order valence-electron chi connectivity index (χ1n) is 3.88. The smallest absolute Gasteiger partial charge is 0.338 e.